The van der Waals surface area contributed by atoms with E-state index in [1.165, 1.54) is 11.6 Å². The van der Waals surface area contributed by atoms with E-state index < -0.39 is 0 Å². The van der Waals surface area contributed by atoms with Crippen LogP contribution in [-0.2, 0) is 11.8 Å². The molecule has 0 unspecified atom stereocenters. The summed E-state index contributed by atoms with van der Waals surface area (Å²) in [5.41, 5.74) is 2.06. The average Bonchev–Trinajstić information content (AvgIpc) is 2.50. The number of benzene rings is 2. The van der Waals surface area contributed by atoms with Gasteiger partial charge in [-0.1, -0.05) is 72.1 Å². The number of hydrogen-bond acceptors (Lipinski definition) is 0. The SMILES string of the molecule is Fc1cccc(CC(CBr)(CBr)c2ccc(Br)cc2)c1Br. The normalized spacial score (nSPS) is 11.7. The summed E-state index contributed by atoms with van der Waals surface area (Å²) in [4.78, 5) is 0. The van der Waals surface area contributed by atoms with Gasteiger partial charge in [0.05, 0.1) is 4.47 Å². The van der Waals surface area contributed by atoms with Crippen molar-refractivity contribution in [2.45, 2.75) is 11.8 Å². The lowest BCUT2D eigenvalue weighted by Crippen LogP contribution is -2.33. The van der Waals surface area contributed by atoms with Crippen molar-refractivity contribution >= 4 is 63.7 Å². The lowest BCUT2D eigenvalue weighted by atomic mass is 9.79. The van der Waals surface area contributed by atoms with Crippen LogP contribution in [0.15, 0.2) is 51.4 Å². The van der Waals surface area contributed by atoms with Crippen LogP contribution in [0.25, 0.3) is 0 Å². The molecule has 0 aromatic heterocycles. The number of rotatable bonds is 5. The molecule has 0 saturated carbocycles. The van der Waals surface area contributed by atoms with Gasteiger partial charge in [-0.15, -0.1) is 0 Å². The molecule has 0 aliphatic rings. The zero-order chi connectivity index (χ0) is 15.5. The summed E-state index contributed by atoms with van der Waals surface area (Å²) in [5, 5.41) is 1.58. The molecule has 0 heterocycles. The molecule has 2 rings (SSSR count). The molecule has 0 amide bonds. The van der Waals surface area contributed by atoms with Crippen LogP contribution in [0.1, 0.15) is 11.1 Å². The van der Waals surface area contributed by atoms with Crippen LogP contribution in [0.5, 0.6) is 0 Å². The molecular formula is C16H13Br4F. The van der Waals surface area contributed by atoms with Gasteiger partial charge in [-0.25, -0.2) is 4.39 Å². The second-order valence-electron chi connectivity index (χ2n) is 4.94. The topological polar surface area (TPSA) is 0 Å². The Kier molecular flexibility index (Phi) is 6.48. The number of alkyl halides is 2. The molecule has 0 N–H and O–H groups in total. The first-order chi connectivity index (χ1) is 10.0. The molecule has 0 nitrogen and oxygen atoms in total. The van der Waals surface area contributed by atoms with Gasteiger partial charge in [-0.3, -0.25) is 0 Å². The summed E-state index contributed by atoms with van der Waals surface area (Å²) in [6.07, 6.45) is 0.740. The highest BCUT2D eigenvalue weighted by molar-refractivity contribution is 9.11. The van der Waals surface area contributed by atoms with Crippen molar-refractivity contribution in [3.63, 3.8) is 0 Å². The molecule has 0 atom stereocenters. The van der Waals surface area contributed by atoms with E-state index in [0.29, 0.717) is 4.47 Å². The molecule has 0 saturated heterocycles. The van der Waals surface area contributed by atoms with E-state index in [-0.39, 0.29) is 11.2 Å². The van der Waals surface area contributed by atoms with Crippen molar-refractivity contribution in [2.75, 3.05) is 10.7 Å². The van der Waals surface area contributed by atoms with E-state index in [2.05, 4.69) is 75.9 Å². The third-order valence-electron chi connectivity index (χ3n) is 3.53. The van der Waals surface area contributed by atoms with Crippen molar-refractivity contribution in [3.05, 3.63) is 68.4 Å². The molecular weight excluding hydrogens is 531 g/mol. The lowest BCUT2D eigenvalue weighted by Gasteiger charge is -2.31. The number of hydrogen-bond donors (Lipinski definition) is 0. The largest absolute Gasteiger partial charge is 0.206 e. The van der Waals surface area contributed by atoms with Gasteiger partial charge in [0.15, 0.2) is 0 Å². The van der Waals surface area contributed by atoms with Crippen molar-refractivity contribution in [3.8, 4) is 0 Å². The van der Waals surface area contributed by atoms with Gasteiger partial charge in [-0.05, 0) is 51.7 Å². The Balaban J connectivity index is 2.43. The van der Waals surface area contributed by atoms with Gasteiger partial charge in [0.2, 0.25) is 0 Å². The van der Waals surface area contributed by atoms with Gasteiger partial charge in [0.1, 0.15) is 5.82 Å². The molecule has 21 heavy (non-hydrogen) atoms. The summed E-state index contributed by atoms with van der Waals surface area (Å²) in [5.74, 6) is -0.221. The quantitative estimate of drug-likeness (QED) is 0.372. The van der Waals surface area contributed by atoms with E-state index in [0.717, 1.165) is 27.1 Å². The van der Waals surface area contributed by atoms with Crippen molar-refractivity contribution in [1.29, 1.82) is 0 Å². The van der Waals surface area contributed by atoms with Crippen LogP contribution in [0.2, 0.25) is 0 Å². The van der Waals surface area contributed by atoms with Gasteiger partial charge in [0.25, 0.3) is 0 Å². The van der Waals surface area contributed by atoms with E-state index in [1.54, 1.807) is 6.07 Å². The van der Waals surface area contributed by atoms with Gasteiger partial charge in [0, 0.05) is 20.5 Å². The zero-order valence-corrected chi connectivity index (χ0v) is 17.4. The second kappa shape index (κ2) is 7.71. The molecule has 0 aliphatic carbocycles. The van der Waals surface area contributed by atoms with E-state index in [1.807, 2.05) is 18.2 Å². The fourth-order valence-corrected chi connectivity index (χ4v) is 4.88. The Bertz CT molecular complexity index is 606. The maximum Gasteiger partial charge on any atom is 0.137 e. The van der Waals surface area contributed by atoms with E-state index in [9.17, 15) is 4.39 Å². The molecule has 0 fully saturated rings. The van der Waals surface area contributed by atoms with Crippen LogP contribution in [0.3, 0.4) is 0 Å². The summed E-state index contributed by atoms with van der Waals surface area (Å²) < 4.78 is 15.3. The molecule has 0 radical (unpaired) electrons. The molecule has 5 heteroatoms. The average molecular weight is 544 g/mol. The highest BCUT2D eigenvalue weighted by atomic mass is 79.9. The van der Waals surface area contributed by atoms with Crippen LogP contribution >= 0.6 is 63.7 Å². The molecule has 0 bridgehead atoms. The van der Waals surface area contributed by atoms with Crippen molar-refractivity contribution in [1.82, 2.24) is 0 Å². The van der Waals surface area contributed by atoms with Gasteiger partial charge >= 0.3 is 0 Å². The molecule has 0 spiro atoms. The second-order valence-corrected chi connectivity index (χ2v) is 7.77. The van der Waals surface area contributed by atoms with Crippen LogP contribution < -0.4 is 0 Å². The lowest BCUT2D eigenvalue weighted by molar-refractivity contribution is 0.544. The Hall–Kier alpha value is 0.290. The van der Waals surface area contributed by atoms with Crippen LogP contribution in [0.4, 0.5) is 4.39 Å². The minimum absolute atomic E-state index is 0.128. The van der Waals surface area contributed by atoms with Crippen molar-refractivity contribution in [2.24, 2.45) is 0 Å². The summed E-state index contributed by atoms with van der Waals surface area (Å²) in [6.45, 7) is 0. The smallest absolute Gasteiger partial charge is 0.137 e. The highest BCUT2D eigenvalue weighted by Crippen LogP contribution is 2.36. The maximum atomic E-state index is 13.7. The Morgan fingerprint density at radius 3 is 2.10 bits per heavy atom. The summed E-state index contributed by atoms with van der Waals surface area (Å²) >= 11 is 14.1. The zero-order valence-electron chi connectivity index (χ0n) is 11.1. The van der Waals surface area contributed by atoms with Crippen molar-refractivity contribution < 1.29 is 4.39 Å². The predicted molar refractivity (Wildman–Crippen MR) is 101 cm³/mol. The minimum atomic E-state index is -0.221. The Labute approximate surface area is 158 Å². The highest BCUT2D eigenvalue weighted by Gasteiger charge is 2.31. The number of halogens is 5. The predicted octanol–water partition coefficient (Wildman–Crippen LogP) is 6.62. The summed E-state index contributed by atoms with van der Waals surface area (Å²) in [6, 6.07) is 13.5. The first kappa shape index (κ1) is 17.6. The molecule has 0 aliphatic heterocycles. The molecule has 2 aromatic rings. The fraction of sp³-hybridized carbons (Fsp3) is 0.250. The van der Waals surface area contributed by atoms with Crippen LogP contribution in [-0.4, -0.2) is 10.7 Å². The third kappa shape index (κ3) is 3.98. The van der Waals surface area contributed by atoms with E-state index in [4.69, 9.17) is 0 Å². The minimum Gasteiger partial charge on any atom is -0.206 e. The van der Waals surface area contributed by atoms with Gasteiger partial charge < -0.3 is 0 Å². The molecule has 112 valence electrons. The van der Waals surface area contributed by atoms with E-state index >= 15 is 0 Å². The standard InChI is InChI=1S/C16H13Br4F/c17-9-16(10-18,12-4-6-13(19)7-5-12)8-11-2-1-3-14(21)15(11)20/h1-7H,8-10H2. The first-order valence-electron chi connectivity index (χ1n) is 6.33. The van der Waals surface area contributed by atoms with Crippen LogP contribution in [0, 0.1) is 5.82 Å². The maximum absolute atomic E-state index is 13.7. The monoisotopic (exact) mass is 540 g/mol. The third-order valence-corrected chi connectivity index (χ3v) is 7.09. The fourth-order valence-electron chi connectivity index (χ4n) is 2.24. The Morgan fingerprint density at radius 2 is 1.52 bits per heavy atom. The van der Waals surface area contributed by atoms with Gasteiger partial charge in [-0.2, -0.15) is 0 Å². The molecule has 2 aromatic carbocycles. The summed E-state index contributed by atoms with van der Waals surface area (Å²) in [7, 11) is 0. The Morgan fingerprint density at radius 1 is 0.905 bits per heavy atom. The first-order valence-corrected chi connectivity index (χ1v) is 10.2.